The molecule has 0 N–H and O–H groups in total. The number of hydrogen-bond donors (Lipinski definition) is 0. The lowest BCUT2D eigenvalue weighted by molar-refractivity contribution is -0.107. The maximum absolute atomic E-state index is 17.1. The van der Waals surface area contributed by atoms with E-state index in [-0.39, 0.29) is 30.1 Å². The minimum atomic E-state index is -0.491. The molecule has 1 aliphatic carbocycles. The van der Waals surface area contributed by atoms with Crippen LogP contribution in [0.5, 0.6) is 11.8 Å². The predicted octanol–water partition coefficient (Wildman–Crippen LogP) is 6.98. The van der Waals surface area contributed by atoms with Gasteiger partial charge in [-0.25, -0.2) is 4.39 Å². The number of carbonyl (C=O) groups excluding carboxylic acids is 1. The van der Waals surface area contributed by atoms with Crippen molar-refractivity contribution in [3.8, 4) is 23.0 Å². The molecule has 2 saturated heterocycles. The molecular formula is C38H46FN5O4. The van der Waals surface area contributed by atoms with Crippen LogP contribution in [0.25, 0.3) is 32.9 Å². The molecule has 9 nitrogen and oxygen atoms in total. The Balaban J connectivity index is 1.28. The van der Waals surface area contributed by atoms with E-state index in [4.69, 9.17) is 29.2 Å². The van der Waals surface area contributed by atoms with Gasteiger partial charge in [-0.3, -0.25) is 9.88 Å². The average Bonchev–Trinajstić information content (AvgIpc) is 3.71. The Labute approximate surface area is 281 Å². The quantitative estimate of drug-likeness (QED) is 0.0811. The van der Waals surface area contributed by atoms with Crippen LogP contribution in [0.2, 0.25) is 0 Å². The maximum Gasteiger partial charge on any atom is 0.319 e. The summed E-state index contributed by atoms with van der Waals surface area (Å²) < 4.78 is 34.5. The molecule has 4 heterocycles. The van der Waals surface area contributed by atoms with E-state index in [0.29, 0.717) is 47.4 Å². The van der Waals surface area contributed by atoms with Gasteiger partial charge in [-0.15, -0.1) is 0 Å². The number of hydrogen-bond acceptors (Lipinski definition) is 9. The number of pyridine rings is 1. The number of halogens is 1. The van der Waals surface area contributed by atoms with E-state index in [2.05, 4.69) is 22.8 Å². The van der Waals surface area contributed by atoms with Gasteiger partial charge >= 0.3 is 6.01 Å². The van der Waals surface area contributed by atoms with Gasteiger partial charge in [0.1, 0.15) is 35.7 Å². The van der Waals surface area contributed by atoms with Crippen LogP contribution >= 0.6 is 0 Å². The van der Waals surface area contributed by atoms with E-state index >= 15 is 4.39 Å². The largest absolute Gasteiger partial charge is 0.468 e. The highest BCUT2D eigenvalue weighted by Gasteiger charge is 2.35. The molecule has 3 aliphatic rings. The van der Waals surface area contributed by atoms with Crippen molar-refractivity contribution in [2.24, 2.45) is 11.8 Å². The number of aryl methyl sites for hydroxylation is 1. The molecule has 2 aliphatic heterocycles. The van der Waals surface area contributed by atoms with Gasteiger partial charge in [0.15, 0.2) is 12.6 Å². The summed E-state index contributed by atoms with van der Waals surface area (Å²) in [4.78, 5) is 30.0. The van der Waals surface area contributed by atoms with E-state index < -0.39 is 5.82 Å². The Morgan fingerprint density at radius 3 is 2.71 bits per heavy atom. The topological polar surface area (TPSA) is 89.9 Å². The molecule has 48 heavy (non-hydrogen) atoms. The number of aromatic nitrogens is 3. The molecule has 7 rings (SSSR count). The molecule has 2 aromatic heterocycles. The number of nitrogens with zero attached hydrogens (tertiary/aromatic N) is 5. The molecule has 0 amide bonds. The average molecular weight is 656 g/mol. The monoisotopic (exact) mass is 655 g/mol. The van der Waals surface area contributed by atoms with Crippen molar-refractivity contribution >= 4 is 33.8 Å². The highest BCUT2D eigenvalue weighted by atomic mass is 19.1. The van der Waals surface area contributed by atoms with Crippen molar-refractivity contribution in [3.63, 3.8) is 0 Å². The standard InChI is InChI=1S/C38H46FN5O4/c1-3-27-9-7-10-28-18-30(48-24-46-2)19-31(33(27)28)35-34(39)36-32(20-40-35)37(44-21-25-12-13-26(17-25)22-44)42-38(41-36)47-23-29-11-8-15-43(29)14-5-4-6-16-45/h7,9-10,16,18-20,25-26,29H,3-6,8,11-15,17,21-24H2,1-2H3/t25?,26?,29-/m0/s1. The Morgan fingerprint density at radius 2 is 1.92 bits per heavy atom. The van der Waals surface area contributed by atoms with Crippen LogP contribution in [0.4, 0.5) is 10.2 Å². The van der Waals surface area contributed by atoms with Gasteiger partial charge in [0.2, 0.25) is 0 Å². The van der Waals surface area contributed by atoms with Crippen LogP contribution in [-0.4, -0.2) is 78.9 Å². The lowest BCUT2D eigenvalue weighted by atomic mass is 9.95. The summed E-state index contributed by atoms with van der Waals surface area (Å²) in [6.45, 7) is 6.36. The summed E-state index contributed by atoms with van der Waals surface area (Å²) in [5.41, 5.74) is 2.21. The smallest absolute Gasteiger partial charge is 0.319 e. The second-order valence-corrected chi connectivity index (χ2v) is 13.7. The fourth-order valence-corrected chi connectivity index (χ4v) is 8.16. The van der Waals surface area contributed by atoms with E-state index in [1.165, 1.54) is 19.3 Å². The van der Waals surface area contributed by atoms with Crippen LogP contribution in [-0.2, 0) is 16.0 Å². The van der Waals surface area contributed by atoms with Crippen LogP contribution in [0.15, 0.2) is 36.5 Å². The molecule has 4 aromatic rings. The number of rotatable bonds is 14. The number of benzene rings is 2. The number of carbonyl (C=O) groups is 1. The van der Waals surface area contributed by atoms with Crippen molar-refractivity contribution in [1.82, 2.24) is 19.9 Å². The van der Waals surface area contributed by atoms with Gasteiger partial charge in [-0.1, -0.05) is 25.1 Å². The second-order valence-electron chi connectivity index (χ2n) is 13.7. The maximum atomic E-state index is 17.1. The third kappa shape index (κ3) is 6.69. The van der Waals surface area contributed by atoms with E-state index in [9.17, 15) is 4.79 Å². The fraction of sp³-hybridized carbons (Fsp3) is 0.526. The third-order valence-corrected chi connectivity index (χ3v) is 10.5. The zero-order chi connectivity index (χ0) is 33.0. The highest BCUT2D eigenvalue weighted by Crippen LogP contribution is 2.42. The molecule has 2 aromatic carbocycles. The van der Waals surface area contributed by atoms with Crippen LogP contribution in [0, 0.1) is 17.7 Å². The van der Waals surface area contributed by atoms with Gasteiger partial charge in [-0.05, 0) is 105 Å². The van der Waals surface area contributed by atoms with E-state index in [0.717, 1.165) is 80.9 Å². The zero-order valence-corrected chi connectivity index (χ0v) is 28.1. The van der Waals surface area contributed by atoms with Crippen molar-refractivity contribution in [2.75, 3.05) is 51.6 Å². The number of anilines is 1. The number of aldehydes is 1. The molecule has 0 radical (unpaired) electrons. The van der Waals surface area contributed by atoms with Crippen LogP contribution < -0.4 is 14.4 Å². The van der Waals surface area contributed by atoms with Crippen molar-refractivity contribution in [1.29, 1.82) is 0 Å². The minimum Gasteiger partial charge on any atom is -0.468 e. The summed E-state index contributed by atoms with van der Waals surface area (Å²) in [5, 5.41) is 2.50. The van der Waals surface area contributed by atoms with E-state index in [1.807, 2.05) is 24.3 Å². The molecule has 1 saturated carbocycles. The molecule has 3 fully saturated rings. The lowest BCUT2D eigenvalue weighted by Gasteiger charge is -2.33. The summed E-state index contributed by atoms with van der Waals surface area (Å²) in [5.74, 6) is 2.04. The molecule has 254 valence electrons. The summed E-state index contributed by atoms with van der Waals surface area (Å²) >= 11 is 0. The summed E-state index contributed by atoms with van der Waals surface area (Å²) in [6.07, 6.45) is 11.8. The SMILES string of the molecule is CCc1cccc2cc(OCOC)cc(-c3ncc4c(N5CC6CCC(C6)C5)nc(OC[C@@H]5CCCN5CCCCC=O)nc4c3F)c12. The Hall–Kier alpha value is -3.89. The molecule has 0 spiro atoms. The number of fused-ring (bicyclic) bond motifs is 4. The van der Waals surface area contributed by atoms with Crippen molar-refractivity contribution in [2.45, 2.75) is 70.8 Å². The highest BCUT2D eigenvalue weighted by molar-refractivity contribution is 6.01. The molecule has 10 heteroatoms. The number of likely N-dealkylation sites (tertiary alicyclic amines) is 1. The van der Waals surface area contributed by atoms with Gasteiger partial charge in [-0.2, -0.15) is 9.97 Å². The van der Waals surface area contributed by atoms with Gasteiger partial charge in [0.05, 0.1) is 5.39 Å². The van der Waals surface area contributed by atoms with Crippen LogP contribution in [0.1, 0.15) is 63.9 Å². The first kappa shape index (κ1) is 32.6. The minimum absolute atomic E-state index is 0.0817. The summed E-state index contributed by atoms with van der Waals surface area (Å²) in [7, 11) is 1.58. The van der Waals surface area contributed by atoms with Gasteiger partial charge in [0.25, 0.3) is 0 Å². The molecular weight excluding hydrogens is 609 g/mol. The summed E-state index contributed by atoms with van der Waals surface area (Å²) in [6, 6.07) is 10.4. The first-order chi connectivity index (χ1) is 23.6. The van der Waals surface area contributed by atoms with Crippen molar-refractivity contribution < 1.29 is 23.4 Å². The zero-order valence-electron chi connectivity index (χ0n) is 28.1. The number of unbranched alkanes of at least 4 members (excludes halogenated alkanes) is 2. The number of methoxy groups -OCH3 is 1. The van der Waals surface area contributed by atoms with E-state index in [1.54, 1.807) is 13.3 Å². The third-order valence-electron chi connectivity index (χ3n) is 10.5. The Bertz CT molecular complexity index is 1760. The Morgan fingerprint density at radius 1 is 1.06 bits per heavy atom. The second kappa shape index (κ2) is 14.7. The van der Waals surface area contributed by atoms with Crippen molar-refractivity contribution in [3.05, 3.63) is 47.9 Å². The first-order valence-electron chi connectivity index (χ1n) is 17.7. The Kier molecular flexibility index (Phi) is 10.00. The van der Waals surface area contributed by atoms with Crippen LogP contribution in [0.3, 0.4) is 0 Å². The normalized spacial score (nSPS) is 21.0. The predicted molar refractivity (Wildman–Crippen MR) is 185 cm³/mol. The fourth-order valence-electron chi connectivity index (χ4n) is 8.16. The van der Waals surface area contributed by atoms with Gasteiger partial charge < -0.3 is 23.9 Å². The molecule has 2 bridgehead atoms. The lowest BCUT2D eigenvalue weighted by Crippen LogP contribution is -2.37. The van der Waals surface area contributed by atoms with Gasteiger partial charge in [0, 0.05) is 44.4 Å². The first-order valence-corrected chi connectivity index (χ1v) is 17.7. The molecule has 3 atom stereocenters. The molecule has 2 unspecified atom stereocenters. The number of piperidine rings is 1. The number of ether oxygens (including phenoxy) is 3.